The quantitative estimate of drug-likeness (QED) is 0.351. The molecule has 0 N–H and O–H groups in total. The second-order valence-electron chi connectivity index (χ2n) is 8.93. The highest BCUT2D eigenvalue weighted by Crippen LogP contribution is 2.46. The van der Waals surface area contributed by atoms with Crippen LogP contribution in [0.4, 0.5) is 17.6 Å². The second-order valence-corrected chi connectivity index (χ2v) is 8.93. The van der Waals surface area contributed by atoms with Crippen molar-refractivity contribution in [3.63, 3.8) is 0 Å². The van der Waals surface area contributed by atoms with Gasteiger partial charge in [0.2, 0.25) is 0 Å². The van der Waals surface area contributed by atoms with Gasteiger partial charge in [0.05, 0.1) is 11.7 Å². The third-order valence-corrected chi connectivity index (χ3v) is 6.91. The Labute approximate surface area is 192 Å². The fourth-order valence-electron chi connectivity index (χ4n) is 5.34. The largest absolute Gasteiger partial charge is 0.435 e. The van der Waals surface area contributed by atoms with E-state index in [0.717, 1.165) is 45.1 Å². The van der Waals surface area contributed by atoms with Gasteiger partial charge >= 0.3 is 6.61 Å². The lowest BCUT2D eigenvalue weighted by atomic mass is 9.65. The maximum absolute atomic E-state index is 14.8. The predicted molar refractivity (Wildman–Crippen MR) is 118 cm³/mol. The zero-order chi connectivity index (χ0) is 23.4. The van der Waals surface area contributed by atoms with Gasteiger partial charge in [-0.15, -0.1) is 0 Å². The minimum absolute atomic E-state index is 0.00152. The molecule has 0 radical (unpaired) electrons. The molecular weight excluding hydrogens is 432 g/mol. The monoisotopic (exact) mass is 460 g/mol. The third-order valence-electron chi connectivity index (χ3n) is 6.91. The highest BCUT2D eigenvalue weighted by Gasteiger charge is 2.36. The highest BCUT2D eigenvalue weighted by atomic mass is 19.3. The molecule has 0 spiro atoms. The first kappa shape index (κ1) is 23.6. The van der Waals surface area contributed by atoms with Crippen molar-refractivity contribution in [2.24, 2.45) is 11.8 Å². The van der Waals surface area contributed by atoms with E-state index in [1.165, 1.54) is 36.4 Å². The maximum atomic E-state index is 14.8. The molecule has 2 nitrogen and oxygen atoms in total. The molecule has 6 heteroatoms. The first-order valence-electron chi connectivity index (χ1n) is 11.6. The number of benzene rings is 2. The summed E-state index contributed by atoms with van der Waals surface area (Å²) < 4.78 is 64.1. The molecule has 2 aliphatic rings. The lowest BCUT2D eigenvalue weighted by Crippen LogP contribution is -2.33. The van der Waals surface area contributed by atoms with Crippen LogP contribution in [0.15, 0.2) is 36.4 Å². The Balaban J connectivity index is 1.44. The molecule has 0 heterocycles. The van der Waals surface area contributed by atoms with Crippen molar-refractivity contribution in [3.05, 3.63) is 64.7 Å². The van der Waals surface area contributed by atoms with E-state index in [1.807, 2.05) is 6.92 Å². The van der Waals surface area contributed by atoms with Crippen molar-refractivity contribution in [2.75, 3.05) is 6.61 Å². The number of hydrogen-bond acceptors (Lipinski definition) is 2. The molecule has 176 valence electrons. The molecule has 0 amide bonds. The molecule has 0 aliphatic heterocycles. The Hall–Kier alpha value is -2.52. The predicted octanol–water partition coefficient (Wildman–Crippen LogP) is 7.05. The fraction of sp³-hybridized carbons (Fsp3) is 0.481. The van der Waals surface area contributed by atoms with E-state index in [1.54, 1.807) is 0 Å². The number of rotatable bonds is 5. The number of ether oxygens (including phenoxy) is 2. The van der Waals surface area contributed by atoms with Crippen LogP contribution in [-0.2, 0) is 4.74 Å². The topological polar surface area (TPSA) is 18.5 Å². The Morgan fingerprint density at radius 2 is 1.58 bits per heavy atom. The van der Waals surface area contributed by atoms with Crippen molar-refractivity contribution in [2.45, 2.75) is 64.1 Å². The van der Waals surface area contributed by atoms with E-state index in [-0.39, 0.29) is 17.2 Å². The first-order valence-corrected chi connectivity index (χ1v) is 11.6. The van der Waals surface area contributed by atoms with Crippen molar-refractivity contribution >= 4 is 0 Å². The highest BCUT2D eigenvalue weighted by molar-refractivity contribution is 5.46. The molecule has 2 aliphatic carbocycles. The van der Waals surface area contributed by atoms with Gasteiger partial charge in [-0.05, 0) is 105 Å². The van der Waals surface area contributed by atoms with Gasteiger partial charge in [0, 0.05) is 12.2 Å². The molecule has 4 rings (SSSR count). The van der Waals surface area contributed by atoms with Crippen LogP contribution in [0, 0.1) is 35.3 Å². The number of alkyl halides is 2. The number of hydrogen-bond donors (Lipinski definition) is 0. The summed E-state index contributed by atoms with van der Waals surface area (Å²) in [5.74, 6) is 5.28. The van der Waals surface area contributed by atoms with E-state index >= 15 is 0 Å². The van der Waals surface area contributed by atoms with E-state index in [9.17, 15) is 17.6 Å². The smallest absolute Gasteiger partial charge is 0.387 e. The van der Waals surface area contributed by atoms with Gasteiger partial charge in [0.25, 0.3) is 0 Å². The van der Waals surface area contributed by atoms with Crippen LogP contribution in [0.2, 0.25) is 0 Å². The molecule has 2 aromatic carbocycles. The molecular formula is C27H28F4O2. The zero-order valence-electron chi connectivity index (χ0n) is 18.6. The summed E-state index contributed by atoms with van der Waals surface area (Å²) in [7, 11) is 0. The lowest BCUT2D eigenvalue weighted by molar-refractivity contribution is -0.0498. The van der Waals surface area contributed by atoms with E-state index < -0.39 is 18.2 Å². The Bertz CT molecular complexity index is 986. The van der Waals surface area contributed by atoms with E-state index in [4.69, 9.17) is 4.74 Å². The Kier molecular flexibility index (Phi) is 7.60. The van der Waals surface area contributed by atoms with Gasteiger partial charge in [-0.3, -0.25) is 0 Å². The van der Waals surface area contributed by atoms with E-state index in [0.29, 0.717) is 29.1 Å². The molecule has 2 saturated carbocycles. The molecule has 4 atom stereocenters. The van der Waals surface area contributed by atoms with Crippen LogP contribution in [-0.4, -0.2) is 19.3 Å². The van der Waals surface area contributed by atoms with Gasteiger partial charge in [-0.25, -0.2) is 8.78 Å². The zero-order valence-corrected chi connectivity index (χ0v) is 18.6. The Morgan fingerprint density at radius 1 is 0.909 bits per heavy atom. The standard InChI is InChI=1S/C27H28F4O2/c1-2-32-23-11-8-18-13-19(6-7-20(18)14-23)21-15-25(28)24(26(29)16-21)12-5-17-3-9-22(10-4-17)33-27(30)31/h3-4,9-10,15-16,18-20,23,27H,2,6-8,11,13-14H2,1H3. The van der Waals surface area contributed by atoms with Gasteiger partial charge in [-0.1, -0.05) is 11.8 Å². The molecule has 0 aromatic heterocycles. The fourth-order valence-corrected chi connectivity index (χ4v) is 5.34. The van der Waals surface area contributed by atoms with Crippen molar-refractivity contribution in [1.82, 2.24) is 0 Å². The molecule has 2 fully saturated rings. The van der Waals surface area contributed by atoms with E-state index in [2.05, 4.69) is 16.6 Å². The average Bonchev–Trinajstić information content (AvgIpc) is 2.79. The molecule has 33 heavy (non-hydrogen) atoms. The summed E-state index contributed by atoms with van der Waals surface area (Å²) in [5, 5.41) is 0. The van der Waals surface area contributed by atoms with Crippen LogP contribution in [0.3, 0.4) is 0 Å². The third kappa shape index (κ3) is 5.89. The normalized spacial score (nSPS) is 24.7. The van der Waals surface area contributed by atoms with Crippen LogP contribution in [0.5, 0.6) is 5.75 Å². The Morgan fingerprint density at radius 3 is 2.24 bits per heavy atom. The second kappa shape index (κ2) is 10.6. The lowest BCUT2D eigenvalue weighted by Gasteiger charge is -2.42. The molecule has 4 unspecified atom stereocenters. The summed E-state index contributed by atoms with van der Waals surface area (Å²) in [5.41, 5.74) is 0.868. The molecule has 0 bridgehead atoms. The minimum Gasteiger partial charge on any atom is -0.435 e. The van der Waals surface area contributed by atoms with Gasteiger partial charge < -0.3 is 9.47 Å². The van der Waals surface area contributed by atoms with Crippen molar-refractivity contribution in [3.8, 4) is 17.6 Å². The molecule has 2 aromatic rings. The summed E-state index contributed by atoms with van der Waals surface area (Å²) in [6, 6.07) is 8.45. The number of halogens is 4. The minimum atomic E-state index is -2.91. The van der Waals surface area contributed by atoms with Crippen LogP contribution in [0.1, 0.15) is 68.1 Å². The average molecular weight is 461 g/mol. The van der Waals surface area contributed by atoms with Crippen LogP contribution >= 0.6 is 0 Å². The van der Waals surface area contributed by atoms with Gasteiger partial charge in [-0.2, -0.15) is 8.78 Å². The van der Waals surface area contributed by atoms with Crippen LogP contribution < -0.4 is 4.74 Å². The summed E-state index contributed by atoms with van der Waals surface area (Å²) in [6.07, 6.45) is 6.58. The van der Waals surface area contributed by atoms with Gasteiger partial charge in [0.1, 0.15) is 17.4 Å². The summed E-state index contributed by atoms with van der Waals surface area (Å²) in [4.78, 5) is 0. The summed E-state index contributed by atoms with van der Waals surface area (Å²) in [6.45, 7) is -0.137. The van der Waals surface area contributed by atoms with Gasteiger partial charge in [0.15, 0.2) is 0 Å². The van der Waals surface area contributed by atoms with Crippen LogP contribution in [0.25, 0.3) is 0 Å². The van der Waals surface area contributed by atoms with Crippen molar-refractivity contribution < 1.29 is 27.0 Å². The maximum Gasteiger partial charge on any atom is 0.387 e. The summed E-state index contributed by atoms with van der Waals surface area (Å²) >= 11 is 0. The molecule has 0 saturated heterocycles. The SMILES string of the molecule is CCOC1CCC2CC(c3cc(F)c(C#Cc4ccc(OC(F)F)cc4)c(F)c3)CCC2C1. The van der Waals surface area contributed by atoms with Crippen molar-refractivity contribution in [1.29, 1.82) is 0 Å². The number of fused-ring (bicyclic) bond motifs is 1. The first-order chi connectivity index (χ1) is 15.9.